The lowest BCUT2D eigenvalue weighted by Gasteiger charge is -2.32. The standard InChI is InChI=1S/C16H19ClN2O/c1-2-14(12-20)19(15-6-4-3-5-7-15)11-13-8-9-18-10-16(13)17/h3-10,14,20H,2,11-12H2,1H3. The van der Waals surface area contributed by atoms with Gasteiger partial charge < -0.3 is 10.0 Å². The number of hydrogen-bond acceptors (Lipinski definition) is 3. The van der Waals surface area contributed by atoms with Crippen LogP contribution < -0.4 is 4.90 Å². The second-order valence-corrected chi connectivity index (χ2v) is 5.08. The first-order valence-electron chi connectivity index (χ1n) is 6.77. The highest BCUT2D eigenvalue weighted by Crippen LogP contribution is 2.24. The summed E-state index contributed by atoms with van der Waals surface area (Å²) in [5, 5.41) is 10.3. The summed E-state index contributed by atoms with van der Waals surface area (Å²) in [5.41, 5.74) is 2.10. The number of halogens is 1. The summed E-state index contributed by atoms with van der Waals surface area (Å²) in [4.78, 5) is 6.19. The number of nitrogens with zero attached hydrogens (tertiary/aromatic N) is 2. The van der Waals surface area contributed by atoms with Gasteiger partial charge in [-0.1, -0.05) is 36.7 Å². The number of rotatable bonds is 6. The number of para-hydroxylation sites is 1. The molecule has 0 aliphatic heterocycles. The molecule has 0 aliphatic rings. The van der Waals surface area contributed by atoms with E-state index in [2.05, 4.69) is 16.8 Å². The minimum Gasteiger partial charge on any atom is -0.394 e. The number of hydrogen-bond donors (Lipinski definition) is 1. The van der Waals surface area contributed by atoms with Crippen molar-refractivity contribution in [1.82, 2.24) is 4.98 Å². The van der Waals surface area contributed by atoms with E-state index in [0.717, 1.165) is 17.7 Å². The Morgan fingerprint density at radius 2 is 2.00 bits per heavy atom. The molecule has 0 saturated heterocycles. The van der Waals surface area contributed by atoms with Crippen molar-refractivity contribution in [2.45, 2.75) is 25.9 Å². The molecule has 1 N–H and O–H groups in total. The zero-order valence-corrected chi connectivity index (χ0v) is 12.3. The fourth-order valence-electron chi connectivity index (χ4n) is 2.21. The Bertz CT molecular complexity index is 529. The first-order chi connectivity index (χ1) is 9.76. The number of aromatic nitrogens is 1. The molecule has 20 heavy (non-hydrogen) atoms. The van der Waals surface area contributed by atoms with Crippen LogP contribution in [0.15, 0.2) is 48.8 Å². The van der Waals surface area contributed by atoms with E-state index in [1.54, 1.807) is 12.4 Å². The normalized spacial score (nSPS) is 12.2. The highest BCUT2D eigenvalue weighted by atomic mass is 35.5. The van der Waals surface area contributed by atoms with Crippen LogP contribution in [0.25, 0.3) is 0 Å². The number of anilines is 1. The van der Waals surface area contributed by atoms with Gasteiger partial charge in [0.1, 0.15) is 0 Å². The van der Waals surface area contributed by atoms with E-state index >= 15 is 0 Å². The average Bonchev–Trinajstić information content (AvgIpc) is 2.50. The monoisotopic (exact) mass is 290 g/mol. The molecule has 0 fully saturated rings. The molecule has 0 aliphatic carbocycles. The van der Waals surface area contributed by atoms with Crippen molar-refractivity contribution < 1.29 is 5.11 Å². The van der Waals surface area contributed by atoms with Crippen molar-refractivity contribution in [1.29, 1.82) is 0 Å². The molecule has 2 aromatic rings. The van der Waals surface area contributed by atoms with Gasteiger partial charge in [0.25, 0.3) is 0 Å². The van der Waals surface area contributed by atoms with Crippen LogP contribution in [0, 0.1) is 0 Å². The zero-order chi connectivity index (χ0) is 14.4. The van der Waals surface area contributed by atoms with Gasteiger partial charge in [-0.25, -0.2) is 0 Å². The van der Waals surface area contributed by atoms with E-state index in [0.29, 0.717) is 11.6 Å². The van der Waals surface area contributed by atoms with Crippen LogP contribution in [0.1, 0.15) is 18.9 Å². The second-order valence-electron chi connectivity index (χ2n) is 4.68. The van der Waals surface area contributed by atoms with Crippen LogP contribution in [0.4, 0.5) is 5.69 Å². The summed E-state index contributed by atoms with van der Waals surface area (Å²) < 4.78 is 0. The van der Waals surface area contributed by atoms with E-state index in [1.165, 1.54) is 0 Å². The van der Waals surface area contributed by atoms with Crippen molar-refractivity contribution in [2.75, 3.05) is 11.5 Å². The second kappa shape index (κ2) is 7.27. The smallest absolute Gasteiger partial charge is 0.0639 e. The number of aliphatic hydroxyl groups excluding tert-OH is 1. The Hall–Kier alpha value is -1.58. The maximum Gasteiger partial charge on any atom is 0.0639 e. The Morgan fingerprint density at radius 1 is 1.25 bits per heavy atom. The number of aliphatic hydroxyl groups is 1. The average molecular weight is 291 g/mol. The molecule has 1 heterocycles. The first-order valence-corrected chi connectivity index (χ1v) is 7.15. The molecule has 0 radical (unpaired) electrons. The quantitative estimate of drug-likeness (QED) is 0.884. The van der Waals surface area contributed by atoms with Crippen molar-refractivity contribution in [2.24, 2.45) is 0 Å². The molecular formula is C16H19ClN2O. The van der Waals surface area contributed by atoms with Crippen molar-refractivity contribution in [3.63, 3.8) is 0 Å². The lowest BCUT2D eigenvalue weighted by atomic mass is 10.1. The zero-order valence-electron chi connectivity index (χ0n) is 11.5. The van der Waals surface area contributed by atoms with Crippen LogP contribution in [0.5, 0.6) is 0 Å². The molecule has 4 heteroatoms. The van der Waals surface area contributed by atoms with Crippen LogP contribution in [-0.4, -0.2) is 22.7 Å². The molecule has 1 atom stereocenters. The summed E-state index contributed by atoms with van der Waals surface area (Å²) in [6.45, 7) is 2.85. The Morgan fingerprint density at radius 3 is 2.60 bits per heavy atom. The molecular weight excluding hydrogens is 272 g/mol. The fourth-order valence-corrected chi connectivity index (χ4v) is 2.39. The van der Waals surface area contributed by atoms with Crippen LogP contribution in [0.2, 0.25) is 5.02 Å². The van der Waals surface area contributed by atoms with E-state index in [9.17, 15) is 5.11 Å². The van der Waals surface area contributed by atoms with Gasteiger partial charge in [0.15, 0.2) is 0 Å². The third-order valence-electron chi connectivity index (χ3n) is 3.41. The molecule has 1 aromatic carbocycles. The molecule has 0 amide bonds. The Labute approximate surface area is 124 Å². The molecule has 0 saturated carbocycles. The number of pyridine rings is 1. The van der Waals surface area contributed by atoms with Gasteiger partial charge in [0.05, 0.1) is 17.7 Å². The van der Waals surface area contributed by atoms with Gasteiger partial charge in [-0.3, -0.25) is 4.98 Å². The minimum atomic E-state index is 0.0710. The summed E-state index contributed by atoms with van der Waals surface area (Å²) in [6, 6.07) is 12.1. The predicted octanol–water partition coefficient (Wildman–Crippen LogP) is 3.51. The molecule has 106 valence electrons. The highest BCUT2D eigenvalue weighted by molar-refractivity contribution is 6.31. The number of benzene rings is 1. The highest BCUT2D eigenvalue weighted by Gasteiger charge is 2.17. The maximum absolute atomic E-state index is 9.62. The fraction of sp³-hybridized carbons (Fsp3) is 0.312. The maximum atomic E-state index is 9.62. The molecule has 0 spiro atoms. The summed E-state index contributed by atoms with van der Waals surface area (Å²) in [6.07, 6.45) is 4.26. The summed E-state index contributed by atoms with van der Waals surface area (Å²) in [5.74, 6) is 0. The lowest BCUT2D eigenvalue weighted by Crippen LogP contribution is -2.37. The van der Waals surface area contributed by atoms with Crippen molar-refractivity contribution >= 4 is 17.3 Å². The van der Waals surface area contributed by atoms with Crippen molar-refractivity contribution in [3.8, 4) is 0 Å². The molecule has 0 bridgehead atoms. The largest absolute Gasteiger partial charge is 0.394 e. The summed E-state index contributed by atoms with van der Waals surface area (Å²) in [7, 11) is 0. The van der Waals surface area contributed by atoms with Gasteiger partial charge in [0.2, 0.25) is 0 Å². The van der Waals surface area contributed by atoms with Crippen LogP contribution >= 0.6 is 11.6 Å². The van der Waals surface area contributed by atoms with Gasteiger partial charge in [-0.05, 0) is 30.2 Å². The predicted molar refractivity (Wildman–Crippen MR) is 83.0 cm³/mol. The van der Waals surface area contributed by atoms with Gasteiger partial charge in [0, 0.05) is 24.6 Å². The Balaban J connectivity index is 2.30. The van der Waals surface area contributed by atoms with Gasteiger partial charge in [-0.15, -0.1) is 0 Å². The molecule has 3 nitrogen and oxygen atoms in total. The van der Waals surface area contributed by atoms with Crippen LogP contribution in [-0.2, 0) is 6.54 Å². The molecule has 1 unspecified atom stereocenters. The topological polar surface area (TPSA) is 36.4 Å². The summed E-state index contributed by atoms with van der Waals surface area (Å²) >= 11 is 6.20. The minimum absolute atomic E-state index is 0.0710. The van der Waals surface area contributed by atoms with E-state index in [1.807, 2.05) is 36.4 Å². The molecule has 1 aromatic heterocycles. The SMILES string of the molecule is CCC(CO)N(Cc1ccncc1Cl)c1ccccc1. The first kappa shape index (κ1) is 14.8. The van der Waals surface area contributed by atoms with Crippen LogP contribution in [0.3, 0.4) is 0 Å². The van der Waals surface area contributed by atoms with Crippen molar-refractivity contribution in [3.05, 3.63) is 59.4 Å². The van der Waals surface area contributed by atoms with E-state index in [-0.39, 0.29) is 12.6 Å². The van der Waals surface area contributed by atoms with Gasteiger partial charge >= 0.3 is 0 Å². The molecule has 2 rings (SSSR count). The van der Waals surface area contributed by atoms with Gasteiger partial charge in [-0.2, -0.15) is 0 Å². The third kappa shape index (κ3) is 3.50. The third-order valence-corrected chi connectivity index (χ3v) is 3.75. The van der Waals surface area contributed by atoms with E-state index in [4.69, 9.17) is 11.6 Å². The lowest BCUT2D eigenvalue weighted by molar-refractivity contribution is 0.255. The Kier molecular flexibility index (Phi) is 5.39. The van der Waals surface area contributed by atoms with E-state index < -0.39 is 0 Å².